The molecule has 2 unspecified atom stereocenters. The summed E-state index contributed by atoms with van der Waals surface area (Å²) in [4.78, 5) is 45.0. The highest BCUT2D eigenvalue weighted by molar-refractivity contribution is 7.99. The fraction of sp³-hybridized carbons (Fsp3) is 0.476. The van der Waals surface area contributed by atoms with Gasteiger partial charge >= 0.3 is 11.9 Å². The summed E-state index contributed by atoms with van der Waals surface area (Å²) in [7, 11) is 0. The van der Waals surface area contributed by atoms with E-state index >= 15 is 0 Å². The maximum atomic E-state index is 13.0. The van der Waals surface area contributed by atoms with Crippen LogP contribution in [-0.4, -0.2) is 60.3 Å². The topological polar surface area (TPSA) is 107 Å². The van der Waals surface area contributed by atoms with Gasteiger partial charge in [0.1, 0.15) is 5.92 Å². The molecule has 0 fully saturated rings. The summed E-state index contributed by atoms with van der Waals surface area (Å²) in [5, 5.41) is 2.61. The van der Waals surface area contributed by atoms with Crippen LogP contribution in [0.4, 0.5) is 0 Å². The number of esters is 2. The second kappa shape index (κ2) is 12.1. The average molecular weight is 434 g/mol. The molecular weight excluding hydrogens is 406 g/mol. The highest BCUT2D eigenvalue weighted by atomic mass is 32.2. The number of ether oxygens (including phenoxy) is 2. The van der Waals surface area contributed by atoms with Gasteiger partial charge in [-0.1, -0.05) is 6.07 Å². The Kier molecular flexibility index (Phi) is 9.53. The lowest BCUT2D eigenvalue weighted by Crippen LogP contribution is -2.37. The van der Waals surface area contributed by atoms with Crippen LogP contribution in [0.2, 0.25) is 0 Å². The lowest BCUT2D eigenvalue weighted by atomic mass is 9.76. The maximum Gasteiger partial charge on any atom is 0.336 e. The number of carbonyl (C=O) groups excluding carboxylic acids is 3. The van der Waals surface area contributed by atoms with Crippen molar-refractivity contribution in [1.29, 1.82) is 0 Å². The highest BCUT2D eigenvalue weighted by Gasteiger charge is 2.43. The third-order valence-corrected chi connectivity index (χ3v) is 5.48. The van der Waals surface area contributed by atoms with Gasteiger partial charge in [0.15, 0.2) is 0 Å². The molecule has 0 bridgehead atoms. The standard InChI is InChI=1S/C21H27N3O5S/c1-4-28-20(26)17-14(3)24-16(12-30-10-9-23-13-25)19(21(27)29-5-2)18(17)15-7-6-8-22-11-15/h6-8,11,13,17-18H,4-5,9-10,12H2,1-3H3,(H,23,25). The number of hydrogen-bond donors (Lipinski definition) is 1. The Morgan fingerprint density at radius 1 is 1.27 bits per heavy atom. The molecule has 1 aromatic rings. The van der Waals surface area contributed by atoms with E-state index in [0.717, 1.165) is 5.56 Å². The number of carbonyl (C=O) groups is 3. The molecule has 2 heterocycles. The van der Waals surface area contributed by atoms with Crippen molar-refractivity contribution in [2.24, 2.45) is 10.9 Å². The Hall–Kier alpha value is -2.68. The summed E-state index contributed by atoms with van der Waals surface area (Å²) in [6.45, 7) is 6.19. The van der Waals surface area contributed by atoms with Crippen LogP contribution in [0.15, 0.2) is 40.8 Å². The second-order valence-electron chi connectivity index (χ2n) is 6.45. The van der Waals surface area contributed by atoms with E-state index in [4.69, 9.17) is 9.47 Å². The zero-order valence-electron chi connectivity index (χ0n) is 17.4. The predicted octanol–water partition coefficient (Wildman–Crippen LogP) is 2.12. The van der Waals surface area contributed by atoms with E-state index in [1.807, 2.05) is 6.07 Å². The molecule has 0 radical (unpaired) electrons. The Morgan fingerprint density at radius 2 is 2.03 bits per heavy atom. The molecule has 1 aliphatic rings. The Morgan fingerprint density at radius 3 is 2.67 bits per heavy atom. The third kappa shape index (κ3) is 5.91. The monoisotopic (exact) mass is 433 g/mol. The van der Waals surface area contributed by atoms with E-state index in [0.29, 0.717) is 41.4 Å². The highest BCUT2D eigenvalue weighted by Crippen LogP contribution is 2.40. The van der Waals surface area contributed by atoms with Crippen molar-refractivity contribution < 1.29 is 23.9 Å². The lowest BCUT2D eigenvalue weighted by molar-refractivity contribution is -0.146. The number of amides is 1. The molecule has 2 rings (SSSR count). The molecule has 1 aliphatic heterocycles. The van der Waals surface area contributed by atoms with Gasteiger partial charge in [-0.3, -0.25) is 19.6 Å². The van der Waals surface area contributed by atoms with Gasteiger partial charge in [-0.25, -0.2) is 4.79 Å². The Balaban J connectivity index is 2.50. The van der Waals surface area contributed by atoms with Crippen LogP contribution >= 0.6 is 11.8 Å². The van der Waals surface area contributed by atoms with Gasteiger partial charge in [0.05, 0.1) is 24.5 Å². The number of aliphatic imine (C=N–C) groups is 1. The quantitative estimate of drug-likeness (QED) is 0.324. The second-order valence-corrected chi connectivity index (χ2v) is 7.56. The van der Waals surface area contributed by atoms with Gasteiger partial charge in [0, 0.05) is 42.1 Å². The first kappa shape index (κ1) is 23.6. The molecule has 1 amide bonds. The van der Waals surface area contributed by atoms with Crippen molar-refractivity contribution in [2.45, 2.75) is 26.7 Å². The van der Waals surface area contributed by atoms with Crippen LogP contribution in [-0.2, 0) is 23.9 Å². The van der Waals surface area contributed by atoms with E-state index in [1.54, 1.807) is 39.2 Å². The largest absolute Gasteiger partial charge is 0.465 e. The summed E-state index contributed by atoms with van der Waals surface area (Å²) < 4.78 is 10.6. The van der Waals surface area contributed by atoms with Crippen molar-refractivity contribution in [3.8, 4) is 0 Å². The number of thioether (sulfide) groups is 1. The van der Waals surface area contributed by atoms with Crippen molar-refractivity contribution in [2.75, 3.05) is 31.3 Å². The first-order chi connectivity index (χ1) is 14.5. The molecule has 30 heavy (non-hydrogen) atoms. The first-order valence-electron chi connectivity index (χ1n) is 9.81. The van der Waals surface area contributed by atoms with Crippen LogP contribution < -0.4 is 5.32 Å². The summed E-state index contributed by atoms with van der Waals surface area (Å²) in [5.41, 5.74) is 2.22. The summed E-state index contributed by atoms with van der Waals surface area (Å²) in [6, 6.07) is 3.60. The molecule has 9 heteroatoms. The van der Waals surface area contributed by atoms with Crippen molar-refractivity contribution in [3.05, 3.63) is 41.4 Å². The predicted molar refractivity (Wildman–Crippen MR) is 115 cm³/mol. The zero-order chi connectivity index (χ0) is 21.9. The van der Waals surface area contributed by atoms with Crippen LogP contribution in [0.1, 0.15) is 32.3 Å². The van der Waals surface area contributed by atoms with Gasteiger partial charge in [-0.05, 0) is 32.4 Å². The van der Waals surface area contributed by atoms with Crippen LogP contribution in [0.5, 0.6) is 0 Å². The molecule has 0 aliphatic carbocycles. The van der Waals surface area contributed by atoms with Gasteiger partial charge in [-0.2, -0.15) is 11.8 Å². The molecular formula is C21H27N3O5S. The number of hydrogen-bond acceptors (Lipinski definition) is 8. The van der Waals surface area contributed by atoms with Gasteiger partial charge in [0.2, 0.25) is 6.41 Å². The summed E-state index contributed by atoms with van der Waals surface area (Å²) >= 11 is 1.53. The summed E-state index contributed by atoms with van der Waals surface area (Å²) in [5.74, 6) is -1.17. The average Bonchev–Trinajstić information content (AvgIpc) is 2.74. The van der Waals surface area contributed by atoms with Crippen molar-refractivity contribution in [3.63, 3.8) is 0 Å². The molecule has 1 aromatic heterocycles. The van der Waals surface area contributed by atoms with E-state index < -0.39 is 23.8 Å². The zero-order valence-corrected chi connectivity index (χ0v) is 18.2. The lowest BCUT2D eigenvalue weighted by Gasteiger charge is -2.32. The van der Waals surface area contributed by atoms with Gasteiger partial charge < -0.3 is 14.8 Å². The van der Waals surface area contributed by atoms with Crippen molar-refractivity contribution in [1.82, 2.24) is 10.3 Å². The minimum atomic E-state index is -0.737. The van der Waals surface area contributed by atoms with Crippen LogP contribution in [0, 0.1) is 5.92 Å². The van der Waals surface area contributed by atoms with E-state index in [-0.39, 0.29) is 13.2 Å². The number of nitrogens with zero attached hydrogens (tertiary/aromatic N) is 2. The Labute approximate surface area is 180 Å². The Bertz CT molecular complexity index is 810. The molecule has 0 saturated heterocycles. The normalized spacial score (nSPS) is 18.4. The van der Waals surface area contributed by atoms with E-state index in [1.165, 1.54) is 11.8 Å². The van der Waals surface area contributed by atoms with Gasteiger partial charge in [-0.15, -0.1) is 0 Å². The number of aromatic nitrogens is 1. The van der Waals surface area contributed by atoms with Gasteiger partial charge in [0.25, 0.3) is 0 Å². The molecule has 0 spiro atoms. The van der Waals surface area contributed by atoms with Crippen molar-refractivity contribution >= 4 is 35.8 Å². The minimum absolute atomic E-state index is 0.207. The number of pyridine rings is 1. The molecule has 8 nitrogen and oxygen atoms in total. The third-order valence-electron chi connectivity index (χ3n) is 4.51. The number of nitrogens with one attached hydrogen (secondary N) is 1. The SMILES string of the molecule is CCOC(=O)C1=C(CSCCNC=O)N=C(C)C(C(=O)OCC)C1c1cccnc1. The maximum absolute atomic E-state index is 13.0. The fourth-order valence-corrected chi connectivity index (χ4v) is 4.13. The molecule has 1 N–H and O–H groups in total. The van der Waals surface area contributed by atoms with Crippen LogP contribution in [0.3, 0.4) is 0 Å². The smallest absolute Gasteiger partial charge is 0.336 e. The fourth-order valence-electron chi connectivity index (χ4n) is 3.31. The van der Waals surface area contributed by atoms with E-state index in [9.17, 15) is 14.4 Å². The first-order valence-corrected chi connectivity index (χ1v) is 11.0. The van der Waals surface area contributed by atoms with E-state index in [2.05, 4.69) is 15.3 Å². The minimum Gasteiger partial charge on any atom is -0.465 e. The molecule has 2 atom stereocenters. The summed E-state index contributed by atoms with van der Waals surface area (Å²) in [6.07, 6.45) is 3.93. The van der Waals surface area contributed by atoms with Crippen LogP contribution in [0.25, 0.3) is 0 Å². The number of rotatable bonds is 11. The molecule has 162 valence electrons. The molecule has 0 saturated carbocycles. The molecule has 0 aromatic carbocycles.